The van der Waals surface area contributed by atoms with Crippen molar-refractivity contribution in [3.8, 4) is 0 Å². The number of thiophene rings is 1. The third-order valence-corrected chi connectivity index (χ3v) is 4.98. The first-order valence-corrected chi connectivity index (χ1v) is 7.68. The summed E-state index contributed by atoms with van der Waals surface area (Å²) in [6.45, 7) is 5.34. The number of piperazine rings is 2. The number of likely N-dealkylation sites (N-methyl/N-ethyl adjacent to an activating group) is 1. The van der Waals surface area contributed by atoms with E-state index in [-0.39, 0.29) is 24.4 Å². The Labute approximate surface area is 122 Å². The first kappa shape index (κ1) is 13.6. The molecule has 0 radical (unpaired) electrons. The van der Waals surface area contributed by atoms with E-state index in [9.17, 15) is 9.59 Å². The maximum Gasteiger partial charge on any atom is 0.246 e. The van der Waals surface area contributed by atoms with Crippen LogP contribution in [0.15, 0.2) is 12.1 Å². The molecule has 2 amide bonds. The maximum atomic E-state index is 12.2. The zero-order chi connectivity index (χ0) is 14.3. The second-order valence-corrected chi connectivity index (χ2v) is 6.92. The molecule has 0 saturated carbocycles. The number of amides is 2. The highest BCUT2D eigenvalue weighted by atomic mass is 32.1. The topological polar surface area (TPSA) is 43.9 Å². The van der Waals surface area contributed by atoms with Crippen LogP contribution in [0, 0.1) is 6.92 Å². The third-order valence-electron chi connectivity index (χ3n) is 3.99. The molecule has 3 heterocycles. The molecule has 0 N–H and O–H groups in total. The molecule has 2 fully saturated rings. The fraction of sp³-hybridized carbons (Fsp3) is 0.571. The fourth-order valence-electron chi connectivity index (χ4n) is 2.91. The van der Waals surface area contributed by atoms with Gasteiger partial charge in [-0.05, 0) is 19.1 Å². The van der Waals surface area contributed by atoms with E-state index < -0.39 is 0 Å². The minimum Gasteiger partial charge on any atom is -0.335 e. The SMILES string of the molecule is Cc1ccc(CN2CCN3C(=O)CN(C)C(=O)[C@H]3C2)s1. The molecule has 20 heavy (non-hydrogen) atoms. The van der Waals surface area contributed by atoms with E-state index >= 15 is 0 Å². The Balaban J connectivity index is 1.70. The number of nitrogens with zero attached hydrogens (tertiary/aromatic N) is 3. The molecular formula is C14H19N3O2S. The normalized spacial score (nSPS) is 24.2. The molecule has 0 spiro atoms. The van der Waals surface area contributed by atoms with E-state index in [4.69, 9.17) is 0 Å². The Kier molecular flexibility index (Phi) is 3.52. The third kappa shape index (κ3) is 2.45. The molecule has 2 aliphatic rings. The molecule has 5 nitrogen and oxygen atoms in total. The van der Waals surface area contributed by atoms with Gasteiger partial charge in [-0.15, -0.1) is 11.3 Å². The summed E-state index contributed by atoms with van der Waals surface area (Å²) in [5.74, 6) is 0.139. The second kappa shape index (κ2) is 5.18. The van der Waals surface area contributed by atoms with Crippen LogP contribution in [0.3, 0.4) is 0 Å². The van der Waals surface area contributed by atoms with Crippen molar-refractivity contribution in [2.75, 3.05) is 33.2 Å². The highest BCUT2D eigenvalue weighted by molar-refractivity contribution is 7.11. The minimum atomic E-state index is -0.295. The van der Waals surface area contributed by atoms with E-state index in [0.717, 1.165) is 13.1 Å². The average Bonchev–Trinajstić information content (AvgIpc) is 2.81. The molecule has 108 valence electrons. The molecule has 3 rings (SSSR count). The Morgan fingerprint density at radius 1 is 1.30 bits per heavy atom. The van der Waals surface area contributed by atoms with Gasteiger partial charge < -0.3 is 9.80 Å². The molecule has 1 aromatic heterocycles. The number of carbonyl (C=O) groups is 2. The van der Waals surface area contributed by atoms with Crippen molar-refractivity contribution in [3.05, 3.63) is 21.9 Å². The summed E-state index contributed by atoms with van der Waals surface area (Å²) in [6, 6.07) is 3.97. The molecule has 2 aliphatic heterocycles. The summed E-state index contributed by atoms with van der Waals surface area (Å²) in [5, 5.41) is 0. The van der Waals surface area contributed by atoms with Crippen LogP contribution in [0.5, 0.6) is 0 Å². The van der Waals surface area contributed by atoms with Crippen LogP contribution in [0.2, 0.25) is 0 Å². The molecule has 1 atom stereocenters. The predicted molar refractivity (Wildman–Crippen MR) is 77.5 cm³/mol. The van der Waals surface area contributed by atoms with E-state index in [0.29, 0.717) is 13.1 Å². The number of hydrogen-bond acceptors (Lipinski definition) is 4. The Bertz CT molecular complexity index is 542. The number of hydrogen-bond donors (Lipinski definition) is 0. The van der Waals surface area contributed by atoms with Gasteiger partial charge in [-0.2, -0.15) is 0 Å². The van der Waals surface area contributed by atoms with E-state index in [2.05, 4.69) is 24.0 Å². The van der Waals surface area contributed by atoms with E-state index in [1.165, 1.54) is 9.75 Å². The zero-order valence-corrected chi connectivity index (χ0v) is 12.7. The monoisotopic (exact) mass is 293 g/mol. The van der Waals surface area contributed by atoms with Crippen molar-refractivity contribution in [3.63, 3.8) is 0 Å². The van der Waals surface area contributed by atoms with Crippen molar-refractivity contribution in [2.45, 2.75) is 19.5 Å². The van der Waals surface area contributed by atoms with Crippen molar-refractivity contribution in [1.82, 2.24) is 14.7 Å². The number of rotatable bonds is 2. The van der Waals surface area contributed by atoms with Gasteiger partial charge >= 0.3 is 0 Å². The summed E-state index contributed by atoms with van der Waals surface area (Å²) in [4.78, 5) is 32.4. The van der Waals surface area contributed by atoms with Crippen molar-refractivity contribution >= 4 is 23.2 Å². The van der Waals surface area contributed by atoms with E-state index in [1.54, 1.807) is 28.2 Å². The van der Waals surface area contributed by atoms with Gasteiger partial charge in [0.15, 0.2) is 0 Å². The lowest BCUT2D eigenvalue weighted by atomic mass is 10.1. The van der Waals surface area contributed by atoms with Crippen LogP contribution in [0.1, 0.15) is 9.75 Å². The summed E-state index contributed by atoms with van der Waals surface area (Å²) in [7, 11) is 1.71. The first-order valence-electron chi connectivity index (χ1n) is 6.86. The van der Waals surface area contributed by atoms with Crippen molar-refractivity contribution in [2.24, 2.45) is 0 Å². The van der Waals surface area contributed by atoms with Gasteiger partial charge in [0.2, 0.25) is 11.8 Å². The number of aryl methyl sites for hydroxylation is 1. The minimum absolute atomic E-state index is 0.0664. The van der Waals surface area contributed by atoms with Gasteiger partial charge in [0.05, 0.1) is 6.54 Å². The van der Waals surface area contributed by atoms with Gasteiger partial charge in [-0.1, -0.05) is 0 Å². The van der Waals surface area contributed by atoms with Crippen molar-refractivity contribution in [1.29, 1.82) is 0 Å². The quantitative estimate of drug-likeness (QED) is 0.799. The van der Waals surface area contributed by atoms with Crippen molar-refractivity contribution < 1.29 is 9.59 Å². The second-order valence-electron chi connectivity index (χ2n) is 5.54. The highest BCUT2D eigenvalue weighted by Crippen LogP contribution is 2.21. The average molecular weight is 293 g/mol. The van der Waals surface area contributed by atoms with Crippen LogP contribution in [-0.4, -0.2) is 65.8 Å². The van der Waals surface area contributed by atoms with Crippen LogP contribution in [-0.2, 0) is 16.1 Å². The van der Waals surface area contributed by atoms with Crippen LogP contribution in [0.4, 0.5) is 0 Å². The smallest absolute Gasteiger partial charge is 0.246 e. The summed E-state index contributed by atoms with van der Waals surface area (Å²) in [5.41, 5.74) is 0. The van der Waals surface area contributed by atoms with Crippen LogP contribution >= 0.6 is 11.3 Å². The number of fused-ring (bicyclic) bond motifs is 1. The van der Waals surface area contributed by atoms with Gasteiger partial charge in [-0.25, -0.2) is 0 Å². The fourth-order valence-corrected chi connectivity index (χ4v) is 3.84. The molecule has 1 aromatic rings. The Morgan fingerprint density at radius 2 is 2.10 bits per heavy atom. The lowest BCUT2D eigenvalue weighted by molar-refractivity contribution is -0.158. The van der Waals surface area contributed by atoms with E-state index in [1.807, 2.05) is 0 Å². The molecule has 0 bridgehead atoms. The van der Waals surface area contributed by atoms with Gasteiger partial charge in [0, 0.05) is 43.0 Å². The van der Waals surface area contributed by atoms with Gasteiger partial charge in [-0.3, -0.25) is 14.5 Å². The Hall–Kier alpha value is -1.40. The van der Waals surface area contributed by atoms with Crippen LogP contribution in [0.25, 0.3) is 0 Å². The molecule has 0 unspecified atom stereocenters. The van der Waals surface area contributed by atoms with Gasteiger partial charge in [0.1, 0.15) is 6.04 Å². The summed E-state index contributed by atoms with van der Waals surface area (Å²) < 4.78 is 0. The molecule has 0 aliphatic carbocycles. The molecular weight excluding hydrogens is 274 g/mol. The standard InChI is InChI=1S/C14H19N3O2S/c1-10-3-4-11(20-10)7-16-5-6-17-12(8-16)14(19)15(2)9-13(17)18/h3-4,12H,5-9H2,1-2H3/t12-/m1/s1. The van der Waals surface area contributed by atoms with Crippen LogP contribution < -0.4 is 0 Å². The Morgan fingerprint density at radius 3 is 2.80 bits per heavy atom. The number of carbonyl (C=O) groups excluding carboxylic acids is 2. The maximum absolute atomic E-state index is 12.2. The lowest BCUT2D eigenvalue weighted by Gasteiger charge is -2.45. The molecule has 0 aromatic carbocycles. The highest BCUT2D eigenvalue weighted by Gasteiger charge is 2.41. The predicted octanol–water partition coefficient (Wildman–Crippen LogP) is 0.541. The summed E-state index contributed by atoms with van der Waals surface area (Å²) in [6.07, 6.45) is 0. The molecule has 6 heteroatoms. The van der Waals surface area contributed by atoms with Gasteiger partial charge in [0.25, 0.3) is 0 Å². The largest absolute Gasteiger partial charge is 0.335 e. The lowest BCUT2D eigenvalue weighted by Crippen LogP contribution is -2.65. The molecule has 2 saturated heterocycles. The zero-order valence-electron chi connectivity index (χ0n) is 11.8. The first-order chi connectivity index (χ1) is 9.54. The summed E-state index contributed by atoms with van der Waals surface area (Å²) >= 11 is 1.80.